The van der Waals surface area contributed by atoms with Crippen LogP contribution in [0.25, 0.3) is 0 Å². The van der Waals surface area contributed by atoms with E-state index < -0.39 is 9.05 Å². The molecule has 0 aromatic rings. The molecule has 11 heteroatoms. The average molecular weight is 309 g/mol. The standard InChI is InChI=1S/Al.Fe.K.Li.Mn.Na.H4O4Si.6H/c;;;;;;1-5(2,3)4;;;;;;/h;;;;;;1-4H;;;;;;. The molecule has 0 aliphatic heterocycles. The van der Waals surface area contributed by atoms with E-state index in [-0.39, 0.29) is 151 Å². The normalized spacial score (nSPS) is 5.45. The summed E-state index contributed by atoms with van der Waals surface area (Å²) in [6, 6.07) is 0. The van der Waals surface area contributed by atoms with Crippen LogP contribution in [0.2, 0.25) is 0 Å². The molecule has 4 nitrogen and oxygen atoms in total. The van der Waals surface area contributed by atoms with Gasteiger partial charge in [0.15, 0.2) is 17.4 Å². The van der Waals surface area contributed by atoms with Crippen molar-refractivity contribution in [3.8, 4) is 0 Å². The summed E-state index contributed by atoms with van der Waals surface area (Å²) in [6.07, 6.45) is 0. The van der Waals surface area contributed by atoms with Crippen LogP contribution < -0.4 is 0 Å². The number of hydrogen-bond acceptors (Lipinski definition) is 4. The van der Waals surface area contributed by atoms with Crippen molar-refractivity contribution in [1.29, 1.82) is 0 Å². The Labute approximate surface area is 175 Å². The zero-order valence-electron chi connectivity index (χ0n) is 3.02. The van der Waals surface area contributed by atoms with Gasteiger partial charge < -0.3 is 19.2 Å². The molecular formula is H10AlFeKLiMnNaO4Si. The van der Waals surface area contributed by atoms with Crippen molar-refractivity contribution in [1.82, 2.24) is 0 Å². The average Bonchev–Trinajstić information content (AvgIpc) is 0.722. The van der Waals surface area contributed by atoms with Crippen LogP contribution in [0.5, 0.6) is 0 Å². The summed E-state index contributed by atoms with van der Waals surface area (Å²) >= 11 is 0. The van der Waals surface area contributed by atoms with E-state index in [9.17, 15) is 0 Å². The first-order valence-corrected chi connectivity index (χ1v) is 2.68. The second-order valence-corrected chi connectivity index (χ2v) is 1.80. The Kier molecular flexibility index (Phi) is 98.2. The van der Waals surface area contributed by atoms with Gasteiger partial charge in [0.25, 0.3) is 0 Å². The molecule has 59 valence electrons. The van der Waals surface area contributed by atoms with Crippen LogP contribution in [-0.2, 0) is 34.1 Å². The fraction of sp³-hybridized carbons (Fsp3) is 0. The Morgan fingerprint density at radius 1 is 0.909 bits per heavy atom. The summed E-state index contributed by atoms with van der Waals surface area (Å²) in [5, 5.41) is 0. The number of rotatable bonds is 0. The van der Waals surface area contributed by atoms with Gasteiger partial charge in [0.2, 0.25) is 0 Å². The molecule has 4 N–H and O–H groups in total. The first kappa shape index (κ1) is 44.6. The van der Waals surface area contributed by atoms with Gasteiger partial charge in [-0.1, -0.05) is 0 Å². The van der Waals surface area contributed by atoms with Crippen molar-refractivity contribution in [2.75, 3.05) is 0 Å². The van der Waals surface area contributed by atoms with Crippen LogP contribution in [0.4, 0.5) is 0 Å². The Hall–Kier alpha value is 4.86. The molecule has 0 amide bonds. The zero-order valence-corrected chi connectivity index (χ0v) is 6.30. The van der Waals surface area contributed by atoms with Crippen molar-refractivity contribution in [2.45, 2.75) is 0 Å². The predicted octanol–water partition coefficient (Wildman–Crippen LogP) is -5.74. The third-order valence-electron chi connectivity index (χ3n) is 0. The molecule has 0 rings (SSSR count). The first-order chi connectivity index (χ1) is 2.00. The topological polar surface area (TPSA) is 80.9 Å². The predicted molar refractivity (Wildman–Crippen MR) is 46.0 cm³/mol. The van der Waals surface area contributed by atoms with Crippen molar-refractivity contribution < 1.29 is 53.3 Å². The molecule has 0 aliphatic carbocycles. The molecule has 0 bridgehead atoms. The van der Waals surface area contributed by atoms with Gasteiger partial charge in [-0.05, 0) is 0 Å². The van der Waals surface area contributed by atoms with Crippen LogP contribution >= 0.6 is 0 Å². The summed E-state index contributed by atoms with van der Waals surface area (Å²) in [7, 11) is -4.61. The summed E-state index contributed by atoms with van der Waals surface area (Å²) in [5.41, 5.74) is 0. The molecule has 1 radical (unpaired) electrons. The molecule has 0 spiro atoms. The summed E-state index contributed by atoms with van der Waals surface area (Å²) in [6.45, 7) is 0. The summed E-state index contributed by atoms with van der Waals surface area (Å²) in [5.74, 6) is 0. The van der Waals surface area contributed by atoms with E-state index in [1.54, 1.807) is 0 Å². The molecule has 0 aliphatic rings. The molecule has 11 heavy (non-hydrogen) atoms. The molecule has 0 heterocycles. The second kappa shape index (κ2) is 24.2. The van der Waals surface area contributed by atoms with Gasteiger partial charge in [0, 0.05) is 34.1 Å². The van der Waals surface area contributed by atoms with Crippen LogP contribution in [0.15, 0.2) is 0 Å². The quantitative estimate of drug-likeness (QED) is 0.336. The molecular weight excluding hydrogens is 299 g/mol. The Morgan fingerprint density at radius 2 is 0.909 bits per heavy atom. The molecule has 0 aromatic carbocycles. The van der Waals surface area contributed by atoms with E-state index in [1.165, 1.54) is 0 Å². The summed E-state index contributed by atoms with van der Waals surface area (Å²) < 4.78 is 0. The minimum atomic E-state index is -4.61. The fourth-order valence-corrected chi connectivity index (χ4v) is 0. The van der Waals surface area contributed by atoms with E-state index in [0.717, 1.165) is 0 Å². The van der Waals surface area contributed by atoms with Crippen molar-refractivity contribution >= 4 is 126 Å². The fourth-order valence-electron chi connectivity index (χ4n) is 0. The van der Waals surface area contributed by atoms with E-state index in [4.69, 9.17) is 19.2 Å². The Morgan fingerprint density at radius 3 is 0.909 bits per heavy atom. The third-order valence-corrected chi connectivity index (χ3v) is 0. The van der Waals surface area contributed by atoms with E-state index in [2.05, 4.69) is 0 Å². The van der Waals surface area contributed by atoms with Gasteiger partial charge in [0.05, 0.1) is 0 Å². The van der Waals surface area contributed by atoms with E-state index in [0.29, 0.717) is 0 Å². The number of hydrogen-bond donors (Lipinski definition) is 4. The third kappa shape index (κ3) is 104. The molecule has 0 unspecified atom stereocenters. The van der Waals surface area contributed by atoms with Crippen LogP contribution in [-0.4, -0.2) is 145 Å². The van der Waals surface area contributed by atoms with Gasteiger partial charge in [-0.3, -0.25) is 0 Å². The van der Waals surface area contributed by atoms with Crippen molar-refractivity contribution in [3.63, 3.8) is 0 Å². The maximum absolute atomic E-state index is 7.33. The first-order valence-electron chi connectivity index (χ1n) is 0.894. The minimum absolute atomic E-state index is 0. The van der Waals surface area contributed by atoms with E-state index in [1.807, 2.05) is 0 Å². The monoisotopic (exact) mass is 309 g/mol. The molecule has 0 atom stereocenters. The molecule has 0 aromatic heterocycles. The van der Waals surface area contributed by atoms with Gasteiger partial charge in [-0.25, -0.2) is 0 Å². The van der Waals surface area contributed by atoms with Crippen LogP contribution in [0.1, 0.15) is 0 Å². The van der Waals surface area contributed by atoms with E-state index >= 15 is 0 Å². The Bertz CT molecular complexity index is 45.6. The molecule has 0 saturated carbocycles. The van der Waals surface area contributed by atoms with Gasteiger partial charge in [-0.15, -0.1) is 0 Å². The maximum atomic E-state index is 7.33. The molecule has 0 saturated heterocycles. The van der Waals surface area contributed by atoms with Crippen LogP contribution in [0.3, 0.4) is 0 Å². The zero-order chi connectivity index (χ0) is 4.50. The Balaban J connectivity index is -0.00000000533. The van der Waals surface area contributed by atoms with Crippen molar-refractivity contribution in [3.05, 3.63) is 0 Å². The van der Waals surface area contributed by atoms with Crippen molar-refractivity contribution in [2.24, 2.45) is 0 Å². The SMILES string of the molecule is O[Si](O)(O)O.[AlH3].[Fe].[KH].[LiH].[Mn].[NaH]. The second-order valence-electron chi connectivity index (χ2n) is 0.600. The van der Waals surface area contributed by atoms with Gasteiger partial charge in [-0.2, -0.15) is 0 Å². The van der Waals surface area contributed by atoms with Crippen LogP contribution in [0, 0.1) is 0 Å². The van der Waals surface area contributed by atoms with Gasteiger partial charge >= 0.3 is 109 Å². The summed E-state index contributed by atoms with van der Waals surface area (Å²) in [4.78, 5) is 29.3. The van der Waals surface area contributed by atoms with Gasteiger partial charge in [0.1, 0.15) is 0 Å². The molecule has 0 fully saturated rings.